The van der Waals surface area contributed by atoms with E-state index in [1.165, 1.54) is 16.5 Å². The molecule has 1 aromatic carbocycles. The molecule has 0 fully saturated rings. The summed E-state index contributed by atoms with van der Waals surface area (Å²) in [4.78, 5) is 9.07. The van der Waals surface area contributed by atoms with Crippen LogP contribution in [0.25, 0.3) is 0 Å². The molecule has 0 amide bonds. The highest BCUT2D eigenvalue weighted by Crippen LogP contribution is 2.36. The number of ether oxygens (including phenoxy) is 1. The van der Waals surface area contributed by atoms with E-state index in [4.69, 9.17) is 9.72 Å². The second kappa shape index (κ2) is 4.22. The average Bonchev–Trinajstić information content (AvgIpc) is 2.58. The topological polar surface area (TPSA) is 35.0 Å². The van der Waals surface area contributed by atoms with Crippen LogP contribution < -0.4 is 21.1 Å². The maximum Gasteiger partial charge on any atom is 0.255 e. The number of rotatable bonds is 0. The predicted molar refractivity (Wildman–Crippen MR) is 91.8 cm³/mol. The van der Waals surface area contributed by atoms with Crippen molar-refractivity contribution in [3.05, 3.63) is 66.2 Å². The number of hydrogen-bond donors (Lipinski definition) is 0. The third-order valence-corrected chi connectivity index (χ3v) is 5.12. The molecule has 5 rings (SSSR count). The Labute approximate surface area is 135 Å². The number of benzene rings is 1. The zero-order valence-electron chi connectivity index (χ0n) is 13.1. The maximum atomic E-state index is 6.15. The van der Waals surface area contributed by atoms with E-state index in [2.05, 4.69) is 43.1 Å². The molecule has 0 atom stereocenters. The van der Waals surface area contributed by atoms with Gasteiger partial charge in [-0.2, -0.15) is 0 Å². The summed E-state index contributed by atoms with van der Waals surface area (Å²) in [5, 5.41) is 0. The summed E-state index contributed by atoms with van der Waals surface area (Å²) < 4.78 is 6.15. The van der Waals surface area contributed by atoms with Crippen LogP contribution in [0.15, 0.2) is 55.0 Å². The second-order valence-electron chi connectivity index (χ2n) is 6.73. The molecule has 2 aliphatic rings. The van der Waals surface area contributed by atoms with Gasteiger partial charge in [-0.15, -0.1) is 0 Å². The second-order valence-corrected chi connectivity index (χ2v) is 6.73. The van der Waals surface area contributed by atoms with Crippen LogP contribution in [0.1, 0.15) is 25.1 Å². The summed E-state index contributed by atoms with van der Waals surface area (Å²) >= 11 is 0. The molecule has 23 heavy (non-hydrogen) atoms. The first-order valence-electron chi connectivity index (χ1n) is 7.88. The first kappa shape index (κ1) is 12.9. The third-order valence-electron chi connectivity index (χ3n) is 5.12. The van der Waals surface area contributed by atoms with Gasteiger partial charge in [-0.25, -0.2) is 0 Å². The lowest BCUT2D eigenvalue weighted by molar-refractivity contribution is 0.482. The van der Waals surface area contributed by atoms with Gasteiger partial charge in [0.05, 0.1) is 0 Å². The fourth-order valence-corrected chi connectivity index (χ4v) is 4.07. The van der Waals surface area contributed by atoms with E-state index in [9.17, 15) is 0 Å². The summed E-state index contributed by atoms with van der Waals surface area (Å²) in [5.41, 5.74) is 5.94. The van der Waals surface area contributed by atoms with Gasteiger partial charge in [-0.05, 0) is 28.6 Å². The van der Waals surface area contributed by atoms with Gasteiger partial charge in [-0.3, -0.25) is 9.97 Å². The zero-order valence-corrected chi connectivity index (χ0v) is 13.1. The SMILES string of the molecule is CC1(C)c2ccccc2B2c3cnccc3Oc3ccnc1c32. The Bertz CT molecular complexity index is 952. The van der Waals surface area contributed by atoms with Gasteiger partial charge in [0.2, 0.25) is 0 Å². The van der Waals surface area contributed by atoms with Crippen molar-refractivity contribution in [2.75, 3.05) is 0 Å². The Morgan fingerprint density at radius 1 is 0.957 bits per heavy atom. The minimum Gasteiger partial charge on any atom is -0.458 e. The molecule has 4 heteroatoms. The van der Waals surface area contributed by atoms with Gasteiger partial charge < -0.3 is 4.74 Å². The van der Waals surface area contributed by atoms with E-state index < -0.39 is 0 Å². The van der Waals surface area contributed by atoms with Gasteiger partial charge in [-0.1, -0.05) is 43.6 Å². The van der Waals surface area contributed by atoms with Gasteiger partial charge in [0.25, 0.3) is 6.71 Å². The number of hydrogen-bond acceptors (Lipinski definition) is 3. The van der Waals surface area contributed by atoms with Crippen molar-refractivity contribution in [2.24, 2.45) is 0 Å². The Balaban J connectivity index is 1.92. The minimum atomic E-state index is -0.137. The predicted octanol–water partition coefficient (Wildman–Crippen LogP) is 1.74. The monoisotopic (exact) mass is 298 g/mol. The normalized spacial score (nSPS) is 16.0. The van der Waals surface area contributed by atoms with Crippen molar-refractivity contribution in [3.63, 3.8) is 0 Å². The lowest BCUT2D eigenvalue weighted by Crippen LogP contribution is -2.62. The molecule has 0 aliphatic carbocycles. The molecule has 0 N–H and O–H groups in total. The molecule has 4 heterocycles. The van der Waals surface area contributed by atoms with Crippen LogP contribution in [0.3, 0.4) is 0 Å². The van der Waals surface area contributed by atoms with Gasteiger partial charge in [0, 0.05) is 29.7 Å². The van der Waals surface area contributed by atoms with Crippen molar-refractivity contribution in [1.82, 2.24) is 9.97 Å². The maximum absolute atomic E-state index is 6.15. The number of pyridine rings is 2. The molecule has 3 aromatic rings. The van der Waals surface area contributed by atoms with E-state index >= 15 is 0 Å². The Morgan fingerprint density at radius 2 is 1.78 bits per heavy atom. The molecule has 0 saturated heterocycles. The Hall–Kier alpha value is -2.62. The molecule has 0 bridgehead atoms. The van der Waals surface area contributed by atoms with Crippen molar-refractivity contribution in [2.45, 2.75) is 19.3 Å². The summed E-state index contributed by atoms with van der Waals surface area (Å²) in [5.74, 6) is 1.81. The highest BCUT2D eigenvalue weighted by molar-refractivity contribution is 6.97. The molecule has 3 nitrogen and oxygen atoms in total. The fourth-order valence-electron chi connectivity index (χ4n) is 4.07. The highest BCUT2D eigenvalue weighted by Gasteiger charge is 2.45. The van der Waals surface area contributed by atoms with E-state index in [0.717, 1.165) is 22.7 Å². The van der Waals surface area contributed by atoms with E-state index in [1.54, 1.807) is 6.20 Å². The fraction of sp³-hybridized carbons (Fsp3) is 0.158. The number of nitrogens with zero attached hydrogens (tertiary/aromatic N) is 2. The molecular formula is C19H15BN2O. The van der Waals surface area contributed by atoms with Crippen LogP contribution >= 0.6 is 0 Å². The van der Waals surface area contributed by atoms with Crippen LogP contribution in [-0.4, -0.2) is 16.7 Å². The molecule has 110 valence electrons. The lowest BCUT2D eigenvalue weighted by atomic mass is 9.31. The molecule has 2 aliphatic heterocycles. The van der Waals surface area contributed by atoms with E-state index in [0.29, 0.717) is 0 Å². The first-order chi connectivity index (χ1) is 11.2. The molecule has 0 radical (unpaired) electrons. The van der Waals surface area contributed by atoms with Crippen molar-refractivity contribution in [3.8, 4) is 11.5 Å². The minimum absolute atomic E-state index is 0.137. The van der Waals surface area contributed by atoms with Crippen molar-refractivity contribution < 1.29 is 4.74 Å². The summed E-state index contributed by atoms with van der Waals surface area (Å²) in [6.45, 7) is 4.63. The lowest BCUT2D eigenvalue weighted by Gasteiger charge is -2.40. The summed E-state index contributed by atoms with van der Waals surface area (Å²) in [7, 11) is 0. The summed E-state index contributed by atoms with van der Waals surface area (Å²) in [6, 6.07) is 12.6. The standard InChI is InChI=1S/C19H15BN2O/c1-19(2)12-5-3-4-6-13(12)20-14-11-21-9-7-15(14)23-16-8-10-22-18(19)17(16)20/h3-11H,1-2H3. The van der Waals surface area contributed by atoms with Crippen LogP contribution in [-0.2, 0) is 5.41 Å². The van der Waals surface area contributed by atoms with Crippen molar-refractivity contribution in [1.29, 1.82) is 0 Å². The quantitative estimate of drug-likeness (QED) is 0.464. The third kappa shape index (κ3) is 1.55. The van der Waals surface area contributed by atoms with Crippen molar-refractivity contribution >= 4 is 23.1 Å². The first-order valence-corrected chi connectivity index (χ1v) is 7.88. The van der Waals surface area contributed by atoms with Crippen LogP contribution in [0, 0.1) is 0 Å². The molecule has 2 aromatic heterocycles. The Morgan fingerprint density at radius 3 is 2.70 bits per heavy atom. The average molecular weight is 298 g/mol. The molecule has 0 saturated carbocycles. The Kier molecular flexibility index (Phi) is 2.37. The van der Waals surface area contributed by atoms with Gasteiger partial charge in [0.1, 0.15) is 11.5 Å². The molecular weight excluding hydrogens is 283 g/mol. The van der Waals surface area contributed by atoms with Gasteiger partial charge in [0.15, 0.2) is 0 Å². The molecule has 0 unspecified atom stereocenters. The number of aromatic nitrogens is 2. The molecule has 0 spiro atoms. The zero-order chi connectivity index (χ0) is 15.6. The van der Waals surface area contributed by atoms with Crippen LogP contribution in [0.5, 0.6) is 11.5 Å². The smallest absolute Gasteiger partial charge is 0.255 e. The highest BCUT2D eigenvalue weighted by atomic mass is 16.5. The number of fused-ring (bicyclic) bond motifs is 4. The van der Waals surface area contributed by atoms with Crippen LogP contribution in [0.2, 0.25) is 0 Å². The summed E-state index contributed by atoms with van der Waals surface area (Å²) in [6.07, 6.45) is 5.56. The van der Waals surface area contributed by atoms with E-state index in [1.807, 2.05) is 24.5 Å². The van der Waals surface area contributed by atoms with Crippen LogP contribution in [0.4, 0.5) is 0 Å². The van der Waals surface area contributed by atoms with Gasteiger partial charge >= 0.3 is 0 Å². The largest absolute Gasteiger partial charge is 0.458 e. The van der Waals surface area contributed by atoms with E-state index in [-0.39, 0.29) is 12.1 Å².